The number of benzene rings is 1. The first-order valence-corrected chi connectivity index (χ1v) is 8.49. The molecule has 0 radical (unpaired) electrons. The van der Waals surface area contributed by atoms with Crippen LogP contribution in [0.4, 0.5) is 4.39 Å². The Morgan fingerprint density at radius 2 is 2.08 bits per heavy atom. The van der Waals surface area contributed by atoms with Crippen molar-refractivity contribution in [3.05, 3.63) is 40.9 Å². The smallest absolute Gasteiger partial charge is 0.235 e. The molecule has 0 atom stereocenters. The van der Waals surface area contributed by atoms with Gasteiger partial charge in [-0.15, -0.1) is 10.2 Å². The molecule has 0 bridgehead atoms. The van der Waals surface area contributed by atoms with Gasteiger partial charge in [0.15, 0.2) is 16.6 Å². The predicted molar refractivity (Wildman–Crippen MR) is 90.7 cm³/mol. The van der Waals surface area contributed by atoms with Gasteiger partial charge < -0.3 is 0 Å². The van der Waals surface area contributed by atoms with E-state index in [1.54, 1.807) is 18.3 Å². The maximum Gasteiger partial charge on any atom is 0.235 e. The summed E-state index contributed by atoms with van der Waals surface area (Å²) in [5.74, 6) is -0.203. The summed E-state index contributed by atoms with van der Waals surface area (Å²) in [6.45, 7) is 4.81. The van der Waals surface area contributed by atoms with Crippen LogP contribution in [0.5, 0.6) is 0 Å². The maximum atomic E-state index is 14.3. The van der Waals surface area contributed by atoms with E-state index in [1.165, 1.54) is 21.9 Å². The summed E-state index contributed by atoms with van der Waals surface area (Å²) in [5.41, 5.74) is 2.23. The molecule has 122 valence electrons. The van der Waals surface area contributed by atoms with Crippen LogP contribution in [0.2, 0.25) is 5.02 Å². The highest BCUT2D eigenvalue weighted by Gasteiger charge is 2.20. The molecule has 4 rings (SSSR count). The number of aryl methyl sites for hydroxylation is 1. The lowest BCUT2D eigenvalue weighted by atomic mass is 10.2. The molecule has 0 aliphatic heterocycles. The zero-order valence-corrected chi connectivity index (χ0v) is 14.4. The molecule has 0 saturated carbocycles. The van der Waals surface area contributed by atoms with Gasteiger partial charge in [-0.2, -0.15) is 14.7 Å². The van der Waals surface area contributed by atoms with Gasteiger partial charge >= 0.3 is 0 Å². The summed E-state index contributed by atoms with van der Waals surface area (Å²) in [4.78, 5) is 0.586. The van der Waals surface area contributed by atoms with Crippen molar-refractivity contribution in [1.82, 2.24) is 29.6 Å². The Morgan fingerprint density at radius 1 is 1.25 bits per heavy atom. The second-order valence-corrected chi connectivity index (χ2v) is 6.55. The van der Waals surface area contributed by atoms with Crippen LogP contribution in [0.15, 0.2) is 24.4 Å². The lowest BCUT2D eigenvalue weighted by Crippen LogP contribution is -1.98. The molecule has 0 unspecified atom stereocenters. The lowest BCUT2D eigenvalue weighted by Gasteiger charge is -2.01. The Morgan fingerprint density at radius 3 is 2.83 bits per heavy atom. The Kier molecular flexibility index (Phi) is 3.58. The number of aromatic nitrogens is 6. The summed E-state index contributed by atoms with van der Waals surface area (Å²) in [6.07, 6.45) is 1.78. The van der Waals surface area contributed by atoms with Crippen LogP contribution in [-0.4, -0.2) is 29.6 Å². The van der Waals surface area contributed by atoms with Crippen molar-refractivity contribution in [2.45, 2.75) is 20.4 Å². The summed E-state index contributed by atoms with van der Waals surface area (Å²) in [6, 6.07) is 4.77. The fraction of sp³-hybridized carbons (Fsp3) is 0.200. The second-order valence-electron chi connectivity index (χ2n) is 5.19. The number of fused-ring (bicyclic) bond motifs is 1. The minimum Gasteiger partial charge on any atom is -0.269 e. The van der Waals surface area contributed by atoms with Crippen LogP contribution in [-0.2, 0) is 6.54 Å². The molecule has 0 amide bonds. The van der Waals surface area contributed by atoms with Crippen molar-refractivity contribution in [3.63, 3.8) is 0 Å². The van der Waals surface area contributed by atoms with Crippen molar-refractivity contribution in [2.75, 3.05) is 0 Å². The van der Waals surface area contributed by atoms with E-state index in [2.05, 4.69) is 20.4 Å². The van der Waals surface area contributed by atoms with Crippen molar-refractivity contribution in [1.29, 1.82) is 0 Å². The zero-order valence-electron chi connectivity index (χ0n) is 12.9. The van der Waals surface area contributed by atoms with Gasteiger partial charge in [-0.25, -0.2) is 4.39 Å². The third-order valence-corrected chi connectivity index (χ3v) is 5.04. The highest BCUT2D eigenvalue weighted by Crippen LogP contribution is 2.31. The van der Waals surface area contributed by atoms with E-state index in [9.17, 15) is 4.39 Å². The molecule has 0 saturated heterocycles. The Labute approximate surface area is 145 Å². The Bertz CT molecular complexity index is 1050. The minimum absolute atomic E-state index is 0.0415. The second kappa shape index (κ2) is 5.64. The first kappa shape index (κ1) is 15.2. The molecule has 0 fully saturated rings. The number of nitrogens with zero attached hydrogens (tertiary/aromatic N) is 6. The van der Waals surface area contributed by atoms with E-state index < -0.39 is 5.82 Å². The molecule has 0 aliphatic rings. The molecule has 9 heteroatoms. The fourth-order valence-corrected chi connectivity index (χ4v) is 3.62. The highest BCUT2D eigenvalue weighted by atomic mass is 35.5. The summed E-state index contributed by atoms with van der Waals surface area (Å²) in [5, 5.41) is 17.8. The van der Waals surface area contributed by atoms with Crippen LogP contribution in [0, 0.1) is 12.7 Å². The number of halogens is 2. The van der Waals surface area contributed by atoms with Crippen LogP contribution < -0.4 is 0 Å². The molecule has 3 heterocycles. The predicted octanol–water partition coefficient (Wildman–Crippen LogP) is 3.84. The van der Waals surface area contributed by atoms with Gasteiger partial charge in [0.2, 0.25) is 4.96 Å². The van der Waals surface area contributed by atoms with Crippen LogP contribution >= 0.6 is 22.9 Å². The van der Waals surface area contributed by atoms with Gasteiger partial charge in [0.25, 0.3) is 0 Å². The standard InChI is InChI=1S/C15H12ClFN6S/c1-3-22-8(2)10(7-18-22)14-21-23-13(19-20-15(23)24-14)9-5-4-6-11(16)12(9)17/h4-7H,3H2,1-2H3. The summed E-state index contributed by atoms with van der Waals surface area (Å²) >= 11 is 7.24. The van der Waals surface area contributed by atoms with Gasteiger partial charge in [-0.3, -0.25) is 4.68 Å². The monoisotopic (exact) mass is 362 g/mol. The largest absolute Gasteiger partial charge is 0.269 e. The molecule has 0 aliphatic carbocycles. The molecular formula is C15H12ClFN6S. The molecule has 4 aromatic rings. The van der Waals surface area contributed by atoms with E-state index in [0.29, 0.717) is 10.8 Å². The molecular weight excluding hydrogens is 351 g/mol. The summed E-state index contributed by atoms with van der Waals surface area (Å²) in [7, 11) is 0. The highest BCUT2D eigenvalue weighted by molar-refractivity contribution is 7.19. The molecule has 24 heavy (non-hydrogen) atoms. The molecule has 6 nitrogen and oxygen atoms in total. The van der Waals surface area contributed by atoms with Crippen LogP contribution in [0.1, 0.15) is 12.6 Å². The quantitative estimate of drug-likeness (QED) is 0.555. The van der Waals surface area contributed by atoms with E-state index in [-0.39, 0.29) is 10.6 Å². The Hall–Kier alpha value is -2.32. The van der Waals surface area contributed by atoms with E-state index in [0.717, 1.165) is 22.8 Å². The number of rotatable bonds is 3. The average molecular weight is 363 g/mol. The first-order chi connectivity index (χ1) is 11.6. The molecule has 0 spiro atoms. The topological polar surface area (TPSA) is 60.9 Å². The maximum absolute atomic E-state index is 14.3. The molecule has 3 aromatic heterocycles. The minimum atomic E-state index is -0.530. The number of hydrogen-bond donors (Lipinski definition) is 0. The number of hydrogen-bond acceptors (Lipinski definition) is 5. The van der Waals surface area contributed by atoms with Crippen molar-refractivity contribution in [3.8, 4) is 22.0 Å². The zero-order chi connectivity index (χ0) is 16.8. The molecule has 1 aromatic carbocycles. The van der Waals surface area contributed by atoms with Crippen molar-refractivity contribution >= 4 is 27.9 Å². The third kappa shape index (κ3) is 2.22. The summed E-state index contributed by atoms with van der Waals surface area (Å²) < 4.78 is 17.7. The van der Waals surface area contributed by atoms with Gasteiger partial charge in [-0.05, 0) is 26.0 Å². The third-order valence-electron chi connectivity index (χ3n) is 3.82. The van der Waals surface area contributed by atoms with Crippen molar-refractivity contribution < 1.29 is 4.39 Å². The van der Waals surface area contributed by atoms with Crippen LogP contribution in [0.3, 0.4) is 0 Å². The van der Waals surface area contributed by atoms with Gasteiger partial charge in [0.1, 0.15) is 0 Å². The SMILES string of the molecule is CCn1ncc(-c2nn3c(-c4cccc(Cl)c4F)nnc3s2)c1C. The lowest BCUT2D eigenvalue weighted by molar-refractivity contribution is 0.629. The Balaban J connectivity index is 1.87. The van der Waals surface area contributed by atoms with Gasteiger partial charge in [0.05, 0.1) is 22.3 Å². The fourth-order valence-electron chi connectivity index (χ4n) is 2.55. The van der Waals surface area contributed by atoms with E-state index >= 15 is 0 Å². The van der Waals surface area contributed by atoms with E-state index in [1.807, 2.05) is 18.5 Å². The van der Waals surface area contributed by atoms with Gasteiger partial charge in [-0.1, -0.05) is 29.0 Å². The van der Waals surface area contributed by atoms with E-state index in [4.69, 9.17) is 11.6 Å². The van der Waals surface area contributed by atoms with Gasteiger partial charge in [0, 0.05) is 12.2 Å². The normalized spacial score (nSPS) is 11.5. The van der Waals surface area contributed by atoms with Crippen molar-refractivity contribution in [2.24, 2.45) is 0 Å². The van der Waals surface area contributed by atoms with Crippen LogP contribution in [0.25, 0.3) is 26.9 Å². The first-order valence-electron chi connectivity index (χ1n) is 7.29. The molecule has 0 N–H and O–H groups in total. The average Bonchev–Trinajstić information content (AvgIpc) is 3.23.